The van der Waals surface area contributed by atoms with E-state index in [0.717, 1.165) is 36.8 Å². The fourth-order valence-electron chi connectivity index (χ4n) is 7.22. The number of fused-ring (bicyclic) bond motifs is 1. The van der Waals surface area contributed by atoms with Crippen LogP contribution in [0, 0.1) is 5.92 Å². The summed E-state index contributed by atoms with van der Waals surface area (Å²) >= 11 is 0. The Morgan fingerprint density at radius 2 is 1.50 bits per heavy atom. The van der Waals surface area contributed by atoms with E-state index in [1.807, 2.05) is 60.7 Å². The van der Waals surface area contributed by atoms with Crippen molar-refractivity contribution in [1.29, 1.82) is 0 Å². The highest BCUT2D eigenvalue weighted by Crippen LogP contribution is 2.41. The zero-order valence-corrected chi connectivity index (χ0v) is 24.1. The monoisotopic (exact) mass is 574 g/mol. The lowest BCUT2D eigenvalue weighted by molar-refractivity contribution is -0.148. The summed E-state index contributed by atoms with van der Waals surface area (Å²) in [5.74, 6) is -1.47. The van der Waals surface area contributed by atoms with E-state index in [1.165, 1.54) is 0 Å². The third kappa shape index (κ3) is 6.84. The molecule has 5 rings (SSSR count). The van der Waals surface area contributed by atoms with Gasteiger partial charge in [0.25, 0.3) is 0 Å². The fourth-order valence-corrected chi connectivity index (χ4v) is 7.22. The van der Waals surface area contributed by atoms with Crippen LogP contribution in [0.4, 0.5) is 0 Å². The molecule has 9 heteroatoms. The van der Waals surface area contributed by atoms with Crippen LogP contribution in [0.25, 0.3) is 0 Å². The smallest absolute Gasteiger partial charge is 0.305 e. The van der Waals surface area contributed by atoms with Gasteiger partial charge in [0.15, 0.2) is 0 Å². The number of carboxylic acids is 1. The lowest BCUT2D eigenvalue weighted by Crippen LogP contribution is -2.57. The van der Waals surface area contributed by atoms with Gasteiger partial charge in [0.2, 0.25) is 17.7 Å². The van der Waals surface area contributed by atoms with Crippen molar-refractivity contribution in [2.24, 2.45) is 11.7 Å². The normalized spacial score (nSPS) is 25.0. The number of hydrogen-bond acceptors (Lipinski definition) is 5. The Hall–Kier alpha value is -3.72. The van der Waals surface area contributed by atoms with Crippen LogP contribution in [0.2, 0.25) is 0 Å². The minimum absolute atomic E-state index is 0.0114. The molecule has 3 aliphatic rings. The first-order chi connectivity index (χ1) is 20.3. The first kappa shape index (κ1) is 29.8. The number of benzene rings is 2. The van der Waals surface area contributed by atoms with E-state index in [9.17, 15) is 24.3 Å². The van der Waals surface area contributed by atoms with Gasteiger partial charge in [0.1, 0.15) is 12.1 Å². The maximum atomic E-state index is 14.2. The molecule has 0 aromatic heterocycles. The molecule has 1 saturated carbocycles. The lowest BCUT2D eigenvalue weighted by atomic mass is 9.84. The van der Waals surface area contributed by atoms with Crippen LogP contribution in [0.1, 0.15) is 62.5 Å². The number of likely N-dealkylation sites (tertiary alicyclic amines) is 2. The van der Waals surface area contributed by atoms with Gasteiger partial charge in [0, 0.05) is 18.6 Å². The van der Waals surface area contributed by atoms with E-state index < -0.39 is 30.1 Å². The van der Waals surface area contributed by atoms with Crippen molar-refractivity contribution in [3.8, 4) is 0 Å². The molecule has 2 aliphatic heterocycles. The Morgan fingerprint density at radius 3 is 2.17 bits per heavy atom. The van der Waals surface area contributed by atoms with Crippen molar-refractivity contribution in [2.45, 2.75) is 94.4 Å². The predicted molar refractivity (Wildman–Crippen MR) is 158 cm³/mol. The van der Waals surface area contributed by atoms with Crippen LogP contribution in [-0.2, 0) is 32.0 Å². The fraction of sp³-hybridized carbons (Fsp3) is 0.515. The Bertz CT molecular complexity index is 1260. The van der Waals surface area contributed by atoms with E-state index in [2.05, 4.69) is 5.32 Å². The standard InChI is InChI=1S/C33H42N4O5/c34-26(19-23-12-5-2-6-13-23)32(41)37-27-15-8-7-14-24(27)20-29(37)33(42)36-17-9-16-28(36)31(40)35-25(21-30(38)39)18-22-10-3-1-4-11-22/h1-6,10-13,24-29H,7-9,14-21,34H2,(H,35,40)(H,38,39)/t24-,25-,26-,27-,28-,29-/m0/s1. The molecule has 9 nitrogen and oxygen atoms in total. The van der Waals surface area contributed by atoms with Gasteiger partial charge in [-0.25, -0.2) is 0 Å². The van der Waals surface area contributed by atoms with Gasteiger partial charge in [0.05, 0.1) is 12.5 Å². The quantitative estimate of drug-likeness (QED) is 0.400. The Labute approximate surface area is 247 Å². The molecule has 0 unspecified atom stereocenters. The van der Waals surface area contributed by atoms with E-state index in [1.54, 1.807) is 9.80 Å². The first-order valence-corrected chi connectivity index (χ1v) is 15.3. The van der Waals surface area contributed by atoms with E-state index in [-0.39, 0.29) is 36.1 Å². The lowest BCUT2D eigenvalue weighted by Gasteiger charge is -2.37. The average molecular weight is 575 g/mol. The molecular weight excluding hydrogens is 532 g/mol. The van der Waals surface area contributed by atoms with Crippen LogP contribution in [0.5, 0.6) is 0 Å². The maximum absolute atomic E-state index is 14.2. The van der Waals surface area contributed by atoms with Gasteiger partial charge < -0.3 is 26.0 Å². The van der Waals surface area contributed by atoms with E-state index >= 15 is 0 Å². The predicted octanol–water partition coefficient (Wildman–Crippen LogP) is 2.91. The number of carboxylic acid groups (broad SMARTS) is 1. The number of aliphatic carboxylic acids is 1. The molecule has 3 amide bonds. The van der Waals surface area contributed by atoms with E-state index in [0.29, 0.717) is 38.6 Å². The van der Waals surface area contributed by atoms with Crippen LogP contribution in [0.3, 0.4) is 0 Å². The van der Waals surface area contributed by atoms with Crippen molar-refractivity contribution >= 4 is 23.7 Å². The minimum Gasteiger partial charge on any atom is -0.481 e. The second-order valence-electron chi connectivity index (χ2n) is 12.1. The molecule has 2 aromatic rings. The van der Waals surface area contributed by atoms with Crippen molar-refractivity contribution < 1.29 is 24.3 Å². The Kier molecular flexibility index (Phi) is 9.57. The number of carbonyl (C=O) groups is 4. The first-order valence-electron chi connectivity index (χ1n) is 15.3. The Balaban J connectivity index is 1.31. The third-order valence-corrected chi connectivity index (χ3v) is 9.17. The summed E-state index contributed by atoms with van der Waals surface area (Å²) in [6.45, 7) is 0.434. The SMILES string of the molecule is N[C@@H](Cc1ccccc1)C(=O)N1[C@H](C(=O)N2CCC[C@H]2C(=O)N[C@H](CC(=O)O)Cc2ccccc2)C[C@@H]2CCCC[C@@H]21. The summed E-state index contributed by atoms with van der Waals surface area (Å²) in [7, 11) is 0. The molecule has 2 aromatic carbocycles. The number of amides is 3. The molecule has 4 N–H and O–H groups in total. The zero-order chi connectivity index (χ0) is 29.6. The summed E-state index contributed by atoms with van der Waals surface area (Å²) in [5.41, 5.74) is 8.38. The molecule has 0 bridgehead atoms. The maximum Gasteiger partial charge on any atom is 0.305 e. The Morgan fingerprint density at radius 1 is 0.857 bits per heavy atom. The highest BCUT2D eigenvalue weighted by Gasteiger charge is 2.51. The summed E-state index contributed by atoms with van der Waals surface area (Å²) in [6, 6.07) is 16.4. The summed E-state index contributed by atoms with van der Waals surface area (Å²) in [4.78, 5) is 56.6. The largest absolute Gasteiger partial charge is 0.481 e. The number of hydrogen-bond donors (Lipinski definition) is 3. The number of nitrogens with zero attached hydrogens (tertiary/aromatic N) is 2. The number of nitrogens with one attached hydrogen (secondary N) is 1. The highest BCUT2D eigenvalue weighted by molar-refractivity contribution is 5.94. The van der Waals surface area contributed by atoms with Crippen molar-refractivity contribution in [1.82, 2.24) is 15.1 Å². The molecule has 224 valence electrons. The minimum atomic E-state index is -0.995. The average Bonchev–Trinajstić information content (AvgIpc) is 3.63. The molecule has 2 saturated heterocycles. The van der Waals surface area contributed by atoms with Gasteiger partial charge >= 0.3 is 5.97 Å². The molecule has 42 heavy (non-hydrogen) atoms. The summed E-state index contributed by atoms with van der Waals surface area (Å²) in [6.07, 6.45) is 6.27. The van der Waals surface area contributed by atoms with Crippen molar-refractivity contribution in [3.05, 3.63) is 71.8 Å². The summed E-state index contributed by atoms with van der Waals surface area (Å²) < 4.78 is 0. The highest BCUT2D eigenvalue weighted by atomic mass is 16.4. The van der Waals surface area contributed by atoms with Crippen molar-refractivity contribution in [3.63, 3.8) is 0 Å². The van der Waals surface area contributed by atoms with Gasteiger partial charge in [-0.05, 0) is 62.0 Å². The van der Waals surface area contributed by atoms with Crippen LogP contribution in [0.15, 0.2) is 60.7 Å². The molecule has 1 aliphatic carbocycles. The molecule has 2 heterocycles. The van der Waals surface area contributed by atoms with Crippen molar-refractivity contribution in [2.75, 3.05) is 6.54 Å². The van der Waals surface area contributed by atoms with Gasteiger partial charge in [-0.2, -0.15) is 0 Å². The van der Waals surface area contributed by atoms with Crippen LogP contribution >= 0.6 is 0 Å². The van der Waals surface area contributed by atoms with Gasteiger partial charge in [-0.15, -0.1) is 0 Å². The van der Waals surface area contributed by atoms with Gasteiger partial charge in [-0.3, -0.25) is 19.2 Å². The van der Waals surface area contributed by atoms with Crippen LogP contribution in [-0.4, -0.2) is 75.4 Å². The molecule has 6 atom stereocenters. The zero-order valence-electron chi connectivity index (χ0n) is 24.1. The molecule has 3 fully saturated rings. The van der Waals surface area contributed by atoms with E-state index in [4.69, 9.17) is 5.73 Å². The third-order valence-electron chi connectivity index (χ3n) is 9.17. The number of nitrogens with two attached hydrogens (primary N) is 1. The second kappa shape index (κ2) is 13.5. The number of carbonyl (C=O) groups excluding carboxylic acids is 3. The van der Waals surface area contributed by atoms with Gasteiger partial charge in [-0.1, -0.05) is 73.5 Å². The molecule has 0 spiro atoms. The molecular formula is C33H42N4O5. The number of rotatable bonds is 10. The van der Waals surface area contributed by atoms with Crippen LogP contribution < -0.4 is 11.1 Å². The summed E-state index contributed by atoms with van der Waals surface area (Å²) in [5, 5.41) is 12.4. The topological polar surface area (TPSA) is 133 Å². The second-order valence-corrected chi connectivity index (χ2v) is 12.1. The molecule has 0 radical (unpaired) electrons.